The third-order valence-electron chi connectivity index (χ3n) is 2.52. The summed E-state index contributed by atoms with van der Waals surface area (Å²) in [5, 5.41) is 2.56. The molecule has 0 aliphatic rings. The first-order chi connectivity index (χ1) is 8.03. The Morgan fingerprint density at radius 3 is 1.76 bits per heavy atom. The van der Waals surface area contributed by atoms with E-state index in [-0.39, 0.29) is 0 Å². The Morgan fingerprint density at radius 2 is 1.53 bits per heavy atom. The van der Waals surface area contributed by atoms with Gasteiger partial charge in [0, 0.05) is 0 Å². The van der Waals surface area contributed by atoms with Crippen LogP contribution in [0.15, 0.2) is 35.2 Å². The van der Waals surface area contributed by atoms with Crippen LogP contribution in [0.1, 0.15) is 27.7 Å². The second kappa shape index (κ2) is 8.79. The van der Waals surface area contributed by atoms with Crippen LogP contribution < -0.4 is 0 Å². The predicted octanol–water partition coefficient (Wildman–Crippen LogP) is 0.171. The van der Waals surface area contributed by atoms with Crippen LogP contribution in [0.3, 0.4) is 0 Å². The molecule has 0 atom stereocenters. The molecule has 0 radical (unpaired) electrons. The van der Waals surface area contributed by atoms with Crippen molar-refractivity contribution in [3.05, 3.63) is 35.2 Å². The van der Waals surface area contributed by atoms with E-state index in [0.717, 1.165) is 0 Å². The standard InChI is InChI=1S/C11H24O3Si3/c1-6-9(4)16-13-11(8-3,12-15)14-17-10(5)7-2/h6-8H,3,16-17H2,1-2,4-5,15H3. The summed E-state index contributed by atoms with van der Waals surface area (Å²) in [6.07, 6.45) is 5.77. The molecule has 0 aliphatic heterocycles. The summed E-state index contributed by atoms with van der Waals surface area (Å²) < 4.78 is 17.1. The molecule has 0 amide bonds. The van der Waals surface area contributed by atoms with Gasteiger partial charge < -0.3 is 13.3 Å². The van der Waals surface area contributed by atoms with Gasteiger partial charge in [0.2, 0.25) is 0 Å². The van der Waals surface area contributed by atoms with Crippen molar-refractivity contribution in [2.75, 3.05) is 0 Å². The van der Waals surface area contributed by atoms with Crippen LogP contribution in [0.5, 0.6) is 0 Å². The zero-order valence-electron chi connectivity index (χ0n) is 11.6. The van der Waals surface area contributed by atoms with Crippen molar-refractivity contribution in [3.63, 3.8) is 0 Å². The van der Waals surface area contributed by atoms with Gasteiger partial charge in [0.05, 0.1) is 0 Å². The minimum absolute atomic E-state index is 0.563. The van der Waals surface area contributed by atoms with Gasteiger partial charge in [-0.3, -0.25) is 0 Å². The molecule has 0 fully saturated rings. The van der Waals surface area contributed by atoms with Crippen LogP contribution in [0.4, 0.5) is 0 Å². The molecule has 0 saturated carbocycles. The largest absolute Gasteiger partial charge is 0.378 e. The molecule has 0 aromatic rings. The monoisotopic (exact) mass is 288 g/mol. The fraction of sp³-hybridized carbons (Fsp3) is 0.455. The Morgan fingerprint density at radius 1 is 1.12 bits per heavy atom. The molecule has 0 saturated heterocycles. The molecule has 17 heavy (non-hydrogen) atoms. The van der Waals surface area contributed by atoms with Crippen molar-refractivity contribution >= 4 is 30.0 Å². The van der Waals surface area contributed by atoms with Crippen molar-refractivity contribution in [2.45, 2.75) is 33.7 Å². The maximum atomic E-state index is 5.83. The van der Waals surface area contributed by atoms with Gasteiger partial charge in [-0.25, -0.2) is 0 Å². The van der Waals surface area contributed by atoms with Crippen LogP contribution in [-0.2, 0) is 13.3 Å². The fourth-order valence-corrected chi connectivity index (χ4v) is 3.83. The first-order valence-electron chi connectivity index (χ1n) is 5.73. The topological polar surface area (TPSA) is 27.7 Å². The fourth-order valence-electron chi connectivity index (χ4n) is 0.956. The minimum Gasteiger partial charge on any atom is -0.378 e. The summed E-state index contributed by atoms with van der Waals surface area (Å²) in [6.45, 7) is 11.9. The van der Waals surface area contributed by atoms with E-state index in [4.69, 9.17) is 13.3 Å². The summed E-state index contributed by atoms with van der Waals surface area (Å²) >= 11 is 0. The normalized spacial score (nSPS) is 18.4. The van der Waals surface area contributed by atoms with Crippen LogP contribution in [-0.4, -0.2) is 36.0 Å². The van der Waals surface area contributed by atoms with Gasteiger partial charge in [0.15, 0.2) is 30.0 Å². The van der Waals surface area contributed by atoms with E-state index in [9.17, 15) is 0 Å². The van der Waals surface area contributed by atoms with Gasteiger partial charge in [-0.15, -0.1) is 0 Å². The van der Waals surface area contributed by atoms with Crippen molar-refractivity contribution < 1.29 is 13.3 Å². The molecule has 98 valence electrons. The number of hydrogen-bond acceptors (Lipinski definition) is 3. The number of allylic oxidation sites excluding steroid dienone is 4. The molecule has 0 spiro atoms. The lowest BCUT2D eigenvalue weighted by Crippen LogP contribution is -2.39. The number of rotatable bonds is 8. The van der Waals surface area contributed by atoms with E-state index in [0.29, 0.717) is 10.5 Å². The van der Waals surface area contributed by atoms with Crippen LogP contribution >= 0.6 is 0 Å². The molecule has 0 rings (SSSR count). The zero-order chi connectivity index (χ0) is 13.3. The molecule has 0 N–H and O–H groups in total. The predicted molar refractivity (Wildman–Crippen MR) is 82.1 cm³/mol. The quantitative estimate of drug-likeness (QED) is 0.362. The highest BCUT2D eigenvalue weighted by molar-refractivity contribution is 6.39. The molecule has 0 unspecified atom stereocenters. The zero-order valence-corrected chi connectivity index (χ0v) is 16.4. The van der Waals surface area contributed by atoms with Crippen LogP contribution in [0.2, 0.25) is 0 Å². The van der Waals surface area contributed by atoms with Gasteiger partial charge in [-0.05, 0) is 33.8 Å². The van der Waals surface area contributed by atoms with Crippen molar-refractivity contribution in [1.29, 1.82) is 0 Å². The highest BCUT2D eigenvalue weighted by Crippen LogP contribution is 2.16. The van der Waals surface area contributed by atoms with Gasteiger partial charge in [-0.1, -0.05) is 29.1 Å². The van der Waals surface area contributed by atoms with E-state index in [1.54, 1.807) is 6.08 Å². The Balaban J connectivity index is 4.50. The highest BCUT2D eigenvalue weighted by atomic mass is 28.2. The molecule has 0 aromatic heterocycles. The van der Waals surface area contributed by atoms with Gasteiger partial charge in [-0.2, -0.15) is 0 Å². The average molecular weight is 289 g/mol. The molecule has 0 aliphatic carbocycles. The Kier molecular flexibility index (Phi) is 8.66. The van der Waals surface area contributed by atoms with Gasteiger partial charge >= 0.3 is 0 Å². The second-order valence-electron chi connectivity index (χ2n) is 3.86. The van der Waals surface area contributed by atoms with E-state index in [2.05, 4.69) is 32.6 Å². The van der Waals surface area contributed by atoms with Gasteiger partial charge in [0.1, 0.15) is 0 Å². The summed E-state index contributed by atoms with van der Waals surface area (Å²) in [6, 6.07) is 0. The SMILES string of the molecule is C=CC(O[SiH3])(O[SiH2]C(C)=CC)O[SiH2]C(C)=CC. The maximum absolute atomic E-state index is 5.83. The van der Waals surface area contributed by atoms with E-state index >= 15 is 0 Å². The molecule has 3 nitrogen and oxygen atoms in total. The lowest BCUT2D eigenvalue weighted by Gasteiger charge is -2.30. The van der Waals surface area contributed by atoms with E-state index < -0.39 is 25.5 Å². The first kappa shape index (κ1) is 16.8. The molecule has 0 bridgehead atoms. The summed E-state index contributed by atoms with van der Waals surface area (Å²) in [7, 11) is -0.990. The molecule has 6 heteroatoms. The van der Waals surface area contributed by atoms with Gasteiger partial charge in [0.25, 0.3) is 5.97 Å². The van der Waals surface area contributed by atoms with Crippen LogP contribution in [0, 0.1) is 0 Å². The average Bonchev–Trinajstić information content (AvgIpc) is 2.38. The molecule has 0 aromatic carbocycles. The smallest absolute Gasteiger partial charge is 0.274 e. The van der Waals surface area contributed by atoms with Crippen molar-refractivity contribution in [2.24, 2.45) is 0 Å². The third-order valence-corrected chi connectivity index (χ3v) is 5.91. The van der Waals surface area contributed by atoms with Crippen LogP contribution in [0.25, 0.3) is 0 Å². The second-order valence-corrected chi connectivity index (χ2v) is 7.65. The maximum Gasteiger partial charge on any atom is 0.274 e. The Hall–Kier alpha value is -0.249. The number of hydrogen-bond donors (Lipinski definition) is 0. The minimum atomic E-state index is -0.987. The third kappa shape index (κ3) is 6.30. The summed E-state index contributed by atoms with van der Waals surface area (Å²) in [5.74, 6) is -0.987. The van der Waals surface area contributed by atoms with E-state index in [1.165, 1.54) is 10.4 Å². The molecular formula is C11H24O3Si3. The summed E-state index contributed by atoms with van der Waals surface area (Å²) in [5.41, 5.74) is 0. The lowest BCUT2D eigenvalue weighted by atomic mass is 10.6. The Bertz CT molecular complexity index is 278. The van der Waals surface area contributed by atoms with Crippen molar-refractivity contribution in [3.8, 4) is 0 Å². The first-order valence-corrected chi connectivity index (χ1v) is 9.12. The molecular weight excluding hydrogens is 264 g/mol. The summed E-state index contributed by atoms with van der Waals surface area (Å²) in [4.78, 5) is 0. The van der Waals surface area contributed by atoms with E-state index in [1.807, 2.05) is 13.8 Å². The Labute approximate surface area is 112 Å². The lowest BCUT2D eigenvalue weighted by molar-refractivity contribution is -0.212. The molecule has 0 heterocycles. The highest BCUT2D eigenvalue weighted by Gasteiger charge is 2.26. The van der Waals surface area contributed by atoms with Crippen molar-refractivity contribution in [1.82, 2.24) is 0 Å².